The molecule has 1 aliphatic rings. The lowest BCUT2D eigenvalue weighted by Gasteiger charge is -2.24. The lowest BCUT2D eigenvalue weighted by molar-refractivity contribution is 0.528. The fourth-order valence-corrected chi connectivity index (χ4v) is 4.05. The summed E-state index contributed by atoms with van der Waals surface area (Å²) in [4.78, 5) is 0. The molecule has 1 heterocycles. The minimum Gasteiger partial charge on any atom is -0.316 e. The molecular formula is C10H22N2O2S2. The van der Waals surface area contributed by atoms with Gasteiger partial charge in [0.1, 0.15) is 0 Å². The van der Waals surface area contributed by atoms with Crippen molar-refractivity contribution in [3.05, 3.63) is 0 Å². The van der Waals surface area contributed by atoms with Gasteiger partial charge in [0.05, 0.1) is 5.25 Å². The zero-order valence-corrected chi connectivity index (χ0v) is 11.7. The van der Waals surface area contributed by atoms with Gasteiger partial charge in [0.25, 0.3) is 0 Å². The fourth-order valence-electron chi connectivity index (χ4n) is 1.64. The van der Waals surface area contributed by atoms with Crippen LogP contribution in [-0.2, 0) is 10.0 Å². The Morgan fingerprint density at radius 2 is 2.25 bits per heavy atom. The standard InChI is InChI=1S/C10H22N2O2S2/c1-3-11-7-9(2)16(13,14)12-10-5-4-6-15-8-10/h9-12H,3-8H2,1-2H3. The summed E-state index contributed by atoms with van der Waals surface area (Å²) in [5, 5.41) is 2.71. The van der Waals surface area contributed by atoms with Gasteiger partial charge in [0, 0.05) is 18.3 Å². The Bertz CT molecular complexity index is 287. The highest BCUT2D eigenvalue weighted by molar-refractivity contribution is 7.99. The van der Waals surface area contributed by atoms with Crippen LogP contribution in [0.2, 0.25) is 0 Å². The molecule has 2 N–H and O–H groups in total. The van der Waals surface area contributed by atoms with E-state index < -0.39 is 10.0 Å². The third-order valence-electron chi connectivity index (χ3n) is 2.70. The van der Waals surface area contributed by atoms with Gasteiger partial charge >= 0.3 is 0 Å². The average molecular weight is 266 g/mol. The first-order valence-electron chi connectivity index (χ1n) is 5.86. The minimum absolute atomic E-state index is 0.132. The third-order valence-corrected chi connectivity index (χ3v) is 5.81. The van der Waals surface area contributed by atoms with Gasteiger partial charge in [0.2, 0.25) is 10.0 Å². The second kappa shape index (κ2) is 6.83. The maximum Gasteiger partial charge on any atom is 0.215 e. The molecule has 6 heteroatoms. The molecule has 1 rings (SSSR count). The molecule has 0 aromatic rings. The Morgan fingerprint density at radius 3 is 2.81 bits per heavy atom. The molecule has 1 aliphatic heterocycles. The topological polar surface area (TPSA) is 58.2 Å². The van der Waals surface area contributed by atoms with Crippen LogP contribution in [0.15, 0.2) is 0 Å². The van der Waals surface area contributed by atoms with Gasteiger partial charge in [-0.25, -0.2) is 13.1 Å². The van der Waals surface area contributed by atoms with E-state index in [1.54, 1.807) is 6.92 Å². The molecule has 0 spiro atoms. The first-order valence-corrected chi connectivity index (χ1v) is 8.56. The Balaban J connectivity index is 2.42. The normalized spacial score (nSPS) is 24.2. The lowest BCUT2D eigenvalue weighted by atomic mass is 10.2. The van der Waals surface area contributed by atoms with Crippen molar-refractivity contribution in [3.8, 4) is 0 Å². The number of nitrogens with one attached hydrogen (secondary N) is 2. The first kappa shape index (κ1) is 14.3. The molecule has 0 radical (unpaired) electrons. The number of thioether (sulfide) groups is 1. The lowest BCUT2D eigenvalue weighted by Crippen LogP contribution is -2.45. The predicted octanol–water partition coefficient (Wildman–Crippen LogP) is 0.799. The van der Waals surface area contributed by atoms with Crippen molar-refractivity contribution in [2.75, 3.05) is 24.6 Å². The maximum atomic E-state index is 11.9. The molecule has 2 unspecified atom stereocenters. The van der Waals surface area contributed by atoms with E-state index in [1.807, 2.05) is 18.7 Å². The van der Waals surface area contributed by atoms with E-state index in [9.17, 15) is 8.42 Å². The summed E-state index contributed by atoms with van der Waals surface area (Å²) in [5.41, 5.74) is 0. The average Bonchev–Trinajstić information content (AvgIpc) is 2.26. The van der Waals surface area contributed by atoms with Crippen molar-refractivity contribution >= 4 is 21.8 Å². The van der Waals surface area contributed by atoms with Crippen LogP contribution in [0.3, 0.4) is 0 Å². The van der Waals surface area contributed by atoms with Crippen LogP contribution in [0.5, 0.6) is 0 Å². The van der Waals surface area contributed by atoms with Crippen LogP contribution >= 0.6 is 11.8 Å². The summed E-state index contributed by atoms with van der Waals surface area (Å²) < 4.78 is 26.7. The van der Waals surface area contributed by atoms with Crippen LogP contribution in [-0.4, -0.2) is 44.3 Å². The van der Waals surface area contributed by atoms with Gasteiger partial charge in [-0.3, -0.25) is 0 Å². The van der Waals surface area contributed by atoms with Gasteiger partial charge in [-0.2, -0.15) is 11.8 Å². The van der Waals surface area contributed by atoms with E-state index in [0.717, 1.165) is 30.9 Å². The number of rotatable bonds is 6. The molecule has 0 bridgehead atoms. The minimum atomic E-state index is -3.16. The van der Waals surface area contributed by atoms with Crippen molar-refractivity contribution in [3.63, 3.8) is 0 Å². The summed E-state index contributed by atoms with van der Waals surface area (Å²) >= 11 is 1.83. The van der Waals surface area contributed by atoms with E-state index in [2.05, 4.69) is 10.0 Å². The maximum absolute atomic E-state index is 11.9. The molecule has 1 fully saturated rings. The van der Waals surface area contributed by atoms with E-state index in [-0.39, 0.29) is 11.3 Å². The van der Waals surface area contributed by atoms with E-state index >= 15 is 0 Å². The molecule has 0 aromatic carbocycles. The van der Waals surface area contributed by atoms with Crippen LogP contribution in [0.25, 0.3) is 0 Å². The molecule has 0 aromatic heterocycles. The summed E-state index contributed by atoms with van der Waals surface area (Å²) in [6.45, 7) is 5.05. The monoisotopic (exact) mass is 266 g/mol. The smallest absolute Gasteiger partial charge is 0.215 e. The van der Waals surface area contributed by atoms with Crippen LogP contribution < -0.4 is 10.0 Å². The molecule has 0 aliphatic carbocycles. The van der Waals surface area contributed by atoms with Crippen LogP contribution in [0.1, 0.15) is 26.7 Å². The van der Waals surface area contributed by atoms with Crippen molar-refractivity contribution in [2.24, 2.45) is 0 Å². The first-order chi connectivity index (χ1) is 7.56. The third kappa shape index (κ3) is 4.61. The van der Waals surface area contributed by atoms with Crippen LogP contribution in [0.4, 0.5) is 0 Å². The highest BCUT2D eigenvalue weighted by atomic mass is 32.2. The summed E-state index contributed by atoms with van der Waals surface area (Å²) in [7, 11) is -3.16. The molecule has 2 atom stereocenters. The predicted molar refractivity (Wildman–Crippen MR) is 70.4 cm³/mol. The Hall–Kier alpha value is 0.220. The van der Waals surface area contributed by atoms with E-state index in [1.165, 1.54) is 0 Å². The van der Waals surface area contributed by atoms with Crippen molar-refractivity contribution in [1.29, 1.82) is 0 Å². The second-order valence-electron chi connectivity index (χ2n) is 4.20. The Kier molecular flexibility index (Phi) is 6.10. The summed E-state index contributed by atoms with van der Waals surface area (Å²) in [6, 6.07) is 0.132. The van der Waals surface area contributed by atoms with Crippen molar-refractivity contribution in [1.82, 2.24) is 10.0 Å². The van der Waals surface area contributed by atoms with Gasteiger partial charge < -0.3 is 5.32 Å². The van der Waals surface area contributed by atoms with Gasteiger partial charge in [-0.05, 0) is 32.1 Å². The molecule has 96 valence electrons. The summed E-state index contributed by atoms with van der Waals surface area (Å²) in [5.74, 6) is 2.07. The zero-order chi connectivity index (χ0) is 12.0. The van der Waals surface area contributed by atoms with Gasteiger partial charge in [0.15, 0.2) is 0 Å². The van der Waals surface area contributed by atoms with E-state index in [0.29, 0.717) is 6.54 Å². The number of sulfonamides is 1. The Morgan fingerprint density at radius 1 is 1.50 bits per heavy atom. The highest BCUT2D eigenvalue weighted by Crippen LogP contribution is 2.18. The SMILES string of the molecule is CCNCC(C)S(=O)(=O)NC1CCCSC1. The Labute approximate surface area is 103 Å². The quantitative estimate of drug-likeness (QED) is 0.746. The summed E-state index contributed by atoms with van der Waals surface area (Å²) in [6.07, 6.45) is 2.08. The van der Waals surface area contributed by atoms with Gasteiger partial charge in [-0.15, -0.1) is 0 Å². The number of hydrogen-bond acceptors (Lipinski definition) is 4. The van der Waals surface area contributed by atoms with Crippen LogP contribution in [0, 0.1) is 0 Å². The second-order valence-corrected chi connectivity index (χ2v) is 7.48. The molecule has 0 amide bonds. The van der Waals surface area contributed by atoms with E-state index in [4.69, 9.17) is 0 Å². The molecule has 0 saturated carbocycles. The zero-order valence-electron chi connectivity index (χ0n) is 10.0. The fraction of sp³-hybridized carbons (Fsp3) is 1.00. The van der Waals surface area contributed by atoms with Gasteiger partial charge in [-0.1, -0.05) is 6.92 Å². The molecule has 16 heavy (non-hydrogen) atoms. The largest absolute Gasteiger partial charge is 0.316 e. The molecule has 4 nitrogen and oxygen atoms in total. The molecular weight excluding hydrogens is 244 g/mol. The molecule has 1 saturated heterocycles. The van der Waals surface area contributed by atoms with Crippen molar-refractivity contribution in [2.45, 2.75) is 38.0 Å². The van der Waals surface area contributed by atoms with Crippen molar-refractivity contribution < 1.29 is 8.42 Å². The highest BCUT2D eigenvalue weighted by Gasteiger charge is 2.25. The number of hydrogen-bond donors (Lipinski definition) is 2.